The number of para-hydroxylation sites is 1. The summed E-state index contributed by atoms with van der Waals surface area (Å²) in [6.07, 6.45) is 0. The Hall–Kier alpha value is -2.67. The predicted molar refractivity (Wildman–Crippen MR) is 99.6 cm³/mol. The monoisotopic (exact) mass is 371 g/mol. The number of rotatable bonds is 5. The molecule has 26 heavy (non-hydrogen) atoms. The van der Waals surface area contributed by atoms with E-state index in [1.54, 1.807) is 19.1 Å². The molecule has 0 aliphatic heterocycles. The first-order valence-electron chi connectivity index (χ1n) is 8.07. The molecule has 0 unspecified atom stereocenters. The highest BCUT2D eigenvalue weighted by Gasteiger charge is 2.20. The Morgan fingerprint density at radius 3 is 2.42 bits per heavy atom. The summed E-state index contributed by atoms with van der Waals surface area (Å²) < 4.78 is 18.6. The van der Waals surface area contributed by atoms with Crippen molar-refractivity contribution in [2.75, 3.05) is 5.32 Å². The van der Waals surface area contributed by atoms with Crippen LogP contribution in [0.25, 0.3) is 11.5 Å². The summed E-state index contributed by atoms with van der Waals surface area (Å²) in [5.41, 5.74) is 3.46. The van der Waals surface area contributed by atoms with Gasteiger partial charge in [0.25, 0.3) is 5.22 Å². The molecule has 0 radical (unpaired) electrons. The van der Waals surface area contributed by atoms with Crippen molar-refractivity contribution < 1.29 is 13.6 Å². The third-order valence-corrected chi connectivity index (χ3v) is 4.81. The normalized spacial score (nSPS) is 12.0. The highest BCUT2D eigenvalue weighted by molar-refractivity contribution is 8.00. The molecule has 1 atom stereocenters. The van der Waals surface area contributed by atoms with E-state index in [4.69, 9.17) is 4.42 Å². The third-order valence-electron chi connectivity index (χ3n) is 3.87. The molecule has 3 rings (SSSR count). The maximum Gasteiger partial charge on any atom is 0.277 e. The molecule has 2 aromatic carbocycles. The molecule has 0 aliphatic rings. The second-order valence-electron chi connectivity index (χ2n) is 5.90. The van der Waals surface area contributed by atoms with Gasteiger partial charge in [0, 0.05) is 11.3 Å². The van der Waals surface area contributed by atoms with Gasteiger partial charge in [-0.25, -0.2) is 4.39 Å². The highest BCUT2D eigenvalue weighted by Crippen LogP contribution is 2.27. The Balaban J connectivity index is 1.67. The highest BCUT2D eigenvalue weighted by atomic mass is 32.2. The second-order valence-corrected chi connectivity index (χ2v) is 7.19. The quantitative estimate of drug-likeness (QED) is 0.663. The summed E-state index contributed by atoms with van der Waals surface area (Å²) in [4.78, 5) is 12.5. The number of nitrogens with one attached hydrogen (secondary N) is 1. The first kappa shape index (κ1) is 18.1. The Bertz CT molecular complexity index is 905. The standard InChI is InChI=1S/C19H18FN3O2S/c1-11-5-4-6-12(2)16(11)21-17(24)13(3)26-19-23-22-18(25-19)14-7-9-15(20)10-8-14/h4-10,13H,1-3H3,(H,21,24)/t13-/m0/s1. The summed E-state index contributed by atoms with van der Waals surface area (Å²) in [7, 11) is 0. The van der Waals surface area contributed by atoms with Crippen LogP contribution in [0.4, 0.5) is 10.1 Å². The van der Waals surface area contributed by atoms with Gasteiger partial charge in [-0.2, -0.15) is 0 Å². The molecular weight excluding hydrogens is 353 g/mol. The second kappa shape index (κ2) is 7.70. The number of thioether (sulfide) groups is 1. The van der Waals surface area contributed by atoms with Crippen molar-refractivity contribution in [1.82, 2.24) is 10.2 Å². The first-order valence-corrected chi connectivity index (χ1v) is 8.95. The number of anilines is 1. The minimum Gasteiger partial charge on any atom is -0.411 e. The summed E-state index contributed by atoms with van der Waals surface area (Å²) in [6, 6.07) is 11.6. The van der Waals surface area contributed by atoms with E-state index in [1.165, 1.54) is 23.9 Å². The molecule has 0 saturated carbocycles. The van der Waals surface area contributed by atoms with Gasteiger partial charge in [-0.05, 0) is 56.2 Å². The van der Waals surface area contributed by atoms with Crippen LogP contribution in [0.2, 0.25) is 0 Å². The van der Waals surface area contributed by atoms with Gasteiger partial charge in [0.05, 0.1) is 5.25 Å². The van der Waals surface area contributed by atoms with Crippen molar-refractivity contribution in [3.8, 4) is 11.5 Å². The van der Waals surface area contributed by atoms with Crippen LogP contribution in [0.5, 0.6) is 0 Å². The molecule has 0 bridgehead atoms. The minimum absolute atomic E-state index is 0.145. The third kappa shape index (κ3) is 4.11. The lowest BCUT2D eigenvalue weighted by atomic mass is 10.1. The molecule has 0 spiro atoms. The van der Waals surface area contributed by atoms with E-state index < -0.39 is 5.25 Å². The van der Waals surface area contributed by atoms with E-state index in [2.05, 4.69) is 15.5 Å². The van der Waals surface area contributed by atoms with Crippen LogP contribution in [0.15, 0.2) is 52.1 Å². The molecule has 134 valence electrons. The molecule has 7 heteroatoms. The van der Waals surface area contributed by atoms with Crippen LogP contribution in [0.3, 0.4) is 0 Å². The lowest BCUT2D eigenvalue weighted by molar-refractivity contribution is -0.115. The first-order chi connectivity index (χ1) is 12.4. The maximum atomic E-state index is 13.0. The number of benzene rings is 2. The topological polar surface area (TPSA) is 68.0 Å². The Morgan fingerprint density at radius 2 is 1.77 bits per heavy atom. The van der Waals surface area contributed by atoms with Gasteiger partial charge in [-0.15, -0.1) is 10.2 Å². The van der Waals surface area contributed by atoms with E-state index in [0.29, 0.717) is 5.56 Å². The van der Waals surface area contributed by atoms with Gasteiger partial charge in [-0.1, -0.05) is 30.0 Å². The van der Waals surface area contributed by atoms with Crippen LogP contribution < -0.4 is 5.32 Å². The smallest absolute Gasteiger partial charge is 0.277 e. The van der Waals surface area contributed by atoms with Crippen LogP contribution in [0.1, 0.15) is 18.1 Å². The van der Waals surface area contributed by atoms with Gasteiger partial charge < -0.3 is 9.73 Å². The van der Waals surface area contributed by atoms with E-state index in [-0.39, 0.29) is 22.8 Å². The van der Waals surface area contributed by atoms with Crippen molar-refractivity contribution in [3.63, 3.8) is 0 Å². The number of halogens is 1. The molecule has 1 aromatic heterocycles. The molecular formula is C19H18FN3O2S. The number of hydrogen-bond donors (Lipinski definition) is 1. The molecule has 0 aliphatic carbocycles. The lowest BCUT2D eigenvalue weighted by Gasteiger charge is -2.14. The molecule has 1 N–H and O–H groups in total. The molecule has 5 nitrogen and oxygen atoms in total. The fourth-order valence-corrected chi connectivity index (χ4v) is 3.09. The van der Waals surface area contributed by atoms with E-state index in [0.717, 1.165) is 16.8 Å². The number of aromatic nitrogens is 2. The average molecular weight is 371 g/mol. The molecule has 0 fully saturated rings. The fraction of sp³-hybridized carbons (Fsp3) is 0.211. The summed E-state index contributed by atoms with van der Waals surface area (Å²) in [5.74, 6) is -0.191. The van der Waals surface area contributed by atoms with Crippen molar-refractivity contribution in [2.45, 2.75) is 31.2 Å². The average Bonchev–Trinajstić information content (AvgIpc) is 3.07. The van der Waals surface area contributed by atoms with Crippen LogP contribution in [-0.2, 0) is 4.79 Å². The zero-order chi connectivity index (χ0) is 18.7. The lowest BCUT2D eigenvalue weighted by Crippen LogP contribution is -2.23. The van der Waals surface area contributed by atoms with Crippen molar-refractivity contribution >= 4 is 23.4 Å². The fourth-order valence-electron chi connectivity index (χ4n) is 2.41. The van der Waals surface area contributed by atoms with Gasteiger partial charge >= 0.3 is 0 Å². The largest absolute Gasteiger partial charge is 0.411 e. The number of hydrogen-bond acceptors (Lipinski definition) is 5. The maximum absolute atomic E-state index is 13.0. The molecule has 1 heterocycles. The van der Waals surface area contributed by atoms with Crippen molar-refractivity contribution in [3.05, 3.63) is 59.4 Å². The summed E-state index contributed by atoms with van der Waals surface area (Å²) in [6.45, 7) is 5.68. The van der Waals surface area contributed by atoms with Crippen molar-refractivity contribution in [1.29, 1.82) is 0 Å². The molecule has 1 amide bonds. The Labute approximate surface area is 155 Å². The van der Waals surface area contributed by atoms with Crippen LogP contribution >= 0.6 is 11.8 Å². The zero-order valence-corrected chi connectivity index (χ0v) is 15.4. The van der Waals surface area contributed by atoms with Gasteiger partial charge in [-0.3, -0.25) is 4.79 Å². The van der Waals surface area contributed by atoms with E-state index in [9.17, 15) is 9.18 Å². The molecule has 3 aromatic rings. The minimum atomic E-state index is -0.421. The predicted octanol–water partition coefficient (Wildman–Crippen LogP) is 4.61. The van der Waals surface area contributed by atoms with Crippen LogP contribution in [-0.4, -0.2) is 21.4 Å². The SMILES string of the molecule is Cc1cccc(C)c1NC(=O)[C@H](C)Sc1nnc(-c2ccc(F)cc2)o1. The van der Waals surface area contributed by atoms with E-state index in [1.807, 2.05) is 32.0 Å². The number of carbonyl (C=O) groups is 1. The van der Waals surface area contributed by atoms with Crippen molar-refractivity contribution in [2.24, 2.45) is 0 Å². The van der Waals surface area contributed by atoms with Gasteiger partial charge in [0.1, 0.15) is 5.82 Å². The Kier molecular flexibility index (Phi) is 5.37. The number of carbonyl (C=O) groups excluding carboxylic acids is 1. The van der Waals surface area contributed by atoms with Gasteiger partial charge in [0.15, 0.2) is 0 Å². The number of nitrogens with zero attached hydrogens (tertiary/aromatic N) is 2. The van der Waals surface area contributed by atoms with Gasteiger partial charge in [0.2, 0.25) is 11.8 Å². The number of aryl methyl sites for hydroxylation is 2. The Morgan fingerprint density at radius 1 is 1.12 bits per heavy atom. The zero-order valence-electron chi connectivity index (χ0n) is 14.6. The summed E-state index contributed by atoms with van der Waals surface area (Å²) >= 11 is 1.17. The molecule has 0 saturated heterocycles. The van der Waals surface area contributed by atoms with Crippen LogP contribution in [0, 0.1) is 19.7 Å². The van der Waals surface area contributed by atoms with E-state index >= 15 is 0 Å². The number of amides is 1. The summed E-state index contributed by atoms with van der Waals surface area (Å²) in [5, 5.41) is 10.7.